The Morgan fingerprint density at radius 1 is 1.32 bits per heavy atom. The van der Waals surface area contributed by atoms with E-state index >= 15 is 0 Å². The van der Waals surface area contributed by atoms with Crippen molar-refractivity contribution in [1.82, 2.24) is 19.8 Å². The predicted molar refractivity (Wildman–Crippen MR) is 73.1 cm³/mol. The molecule has 1 aromatic rings. The van der Waals surface area contributed by atoms with Gasteiger partial charge in [0.05, 0.1) is 19.6 Å². The molecule has 2 aliphatic rings. The zero-order valence-electron chi connectivity index (χ0n) is 12.1. The zero-order chi connectivity index (χ0) is 16.1. The Morgan fingerprint density at radius 3 is 2.59 bits per heavy atom. The number of aromatic nitrogens is 1. The molecule has 0 bridgehead atoms. The smallest absolute Gasteiger partial charge is 0.331 e. The van der Waals surface area contributed by atoms with Gasteiger partial charge in [-0.15, -0.1) is 0 Å². The number of hydrogen-bond acceptors (Lipinski definition) is 3. The highest BCUT2D eigenvalue weighted by atomic mass is 19.3. The Kier molecular flexibility index (Phi) is 3.32. The lowest BCUT2D eigenvalue weighted by Crippen LogP contribution is -2.58. The highest BCUT2D eigenvalue weighted by Gasteiger charge is 2.47. The van der Waals surface area contributed by atoms with Crippen LogP contribution in [0.15, 0.2) is 6.07 Å². The van der Waals surface area contributed by atoms with E-state index in [9.17, 15) is 18.4 Å². The summed E-state index contributed by atoms with van der Waals surface area (Å²) in [5.74, 6) is 1.94. The number of rotatable bonds is 1. The fourth-order valence-electron chi connectivity index (χ4n) is 2.93. The van der Waals surface area contributed by atoms with E-state index in [0.29, 0.717) is 25.2 Å². The molecule has 1 fully saturated rings. The summed E-state index contributed by atoms with van der Waals surface area (Å²) >= 11 is 0. The van der Waals surface area contributed by atoms with Gasteiger partial charge in [0.2, 0.25) is 0 Å². The Balaban J connectivity index is 1.80. The molecule has 0 aliphatic carbocycles. The lowest BCUT2D eigenvalue weighted by molar-refractivity contribution is -0.113. The maximum atomic E-state index is 12.9. The number of nitrogens with one attached hydrogen (secondary N) is 1. The number of nitrogens with two attached hydrogens (primary N) is 1. The molecule has 0 spiro atoms. The van der Waals surface area contributed by atoms with Gasteiger partial charge in [0.25, 0.3) is 11.8 Å². The van der Waals surface area contributed by atoms with E-state index < -0.39 is 24.9 Å². The number of carbonyl (C=O) groups is 2. The number of nitrogens with zero attached hydrogens (tertiary/aromatic N) is 3. The number of halogens is 2. The average Bonchev–Trinajstić information content (AvgIpc) is 2.80. The van der Waals surface area contributed by atoms with E-state index in [4.69, 9.17) is 5.84 Å². The van der Waals surface area contributed by atoms with Crippen LogP contribution >= 0.6 is 0 Å². The lowest BCUT2D eigenvalue weighted by atomic mass is 10.1. The minimum absolute atomic E-state index is 0.332. The fraction of sp³-hybridized carbons (Fsp3) is 0.538. The molecule has 2 aliphatic heterocycles. The van der Waals surface area contributed by atoms with Crippen molar-refractivity contribution in [2.24, 2.45) is 12.9 Å². The second kappa shape index (κ2) is 4.94. The molecule has 1 saturated heterocycles. The monoisotopic (exact) mass is 313 g/mol. The Hall–Kier alpha value is -2.16. The molecule has 9 heteroatoms. The summed E-state index contributed by atoms with van der Waals surface area (Å²) in [6.07, 6.45) is 0.597. The highest BCUT2D eigenvalue weighted by molar-refractivity contribution is 5.94. The molecule has 3 amide bonds. The summed E-state index contributed by atoms with van der Waals surface area (Å²) in [5, 5.41) is 0. The molecule has 3 heterocycles. The van der Waals surface area contributed by atoms with Gasteiger partial charge < -0.3 is 14.4 Å². The average molecular weight is 313 g/mol. The van der Waals surface area contributed by atoms with Gasteiger partial charge >= 0.3 is 6.03 Å². The second-order valence-corrected chi connectivity index (χ2v) is 5.70. The number of likely N-dealkylation sites (tertiary alicyclic amines) is 1. The Labute approximate surface area is 125 Å². The predicted octanol–water partition coefficient (Wildman–Crippen LogP) is 0.0576. The number of fused-ring (bicyclic) bond motifs is 1. The summed E-state index contributed by atoms with van der Waals surface area (Å²) < 4.78 is 27.5. The van der Waals surface area contributed by atoms with Crippen molar-refractivity contribution in [3.8, 4) is 0 Å². The first-order chi connectivity index (χ1) is 10.3. The van der Waals surface area contributed by atoms with Crippen molar-refractivity contribution in [2.75, 3.05) is 19.6 Å². The number of hydrazine groups is 1. The Bertz CT molecular complexity index is 635. The van der Waals surface area contributed by atoms with Crippen LogP contribution < -0.4 is 11.3 Å². The third-order valence-electron chi connectivity index (χ3n) is 4.20. The molecular weight excluding hydrogens is 296 g/mol. The maximum Gasteiger partial charge on any atom is 0.331 e. The van der Waals surface area contributed by atoms with Gasteiger partial charge in [-0.2, -0.15) is 0 Å². The summed E-state index contributed by atoms with van der Waals surface area (Å²) in [6, 6.07) is 1.34. The van der Waals surface area contributed by atoms with Gasteiger partial charge in [-0.1, -0.05) is 0 Å². The van der Waals surface area contributed by atoms with Crippen LogP contribution in [0.2, 0.25) is 0 Å². The normalized spacial score (nSPS) is 19.5. The van der Waals surface area contributed by atoms with Gasteiger partial charge in [0.1, 0.15) is 5.69 Å². The van der Waals surface area contributed by atoms with Crippen LogP contribution in [0.5, 0.6) is 0 Å². The van der Waals surface area contributed by atoms with Crippen LogP contribution in [0.4, 0.5) is 13.6 Å². The third-order valence-corrected chi connectivity index (χ3v) is 4.20. The van der Waals surface area contributed by atoms with Crippen molar-refractivity contribution >= 4 is 11.9 Å². The number of amides is 3. The first kappa shape index (κ1) is 14.8. The molecule has 7 nitrogen and oxygen atoms in total. The molecule has 3 rings (SSSR count). The van der Waals surface area contributed by atoms with E-state index in [2.05, 4.69) is 5.43 Å². The minimum atomic E-state index is -2.78. The molecule has 0 radical (unpaired) electrons. The van der Waals surface area contributed by atoms with E-state index in [1.807, 2.05) is 0 Å². The standard InChI is InChI=1S/C13H17F2N5O2/c1-18-9(11(21)20-6-13(14,15)7-20)4-8-2-3-19(5-10(8)18)12(22)17-16/h4H,2-3,5-7,16H2,1H3,(H,17,22). The van der Waals surface area contributed by atoms with Gasteiger partial charge in [0.15, 0.2) is 0 Å². The summed E-state index contributed by atoms with van der Waals surface area (Å²) in [6.45, 7) is -0.249. The van der Waals surface area contributed by atoms with Crippen LogP contribution in [0.3, 0.4) is 0 Å². The van der Waals surface area contributed by atoms with Crippen molar-refractivity contribution in [2.45, 2.75) is 18.9 Å². The summed E-state index contributed by atoms with van der Waals surface area (Å²) in [5.41, 5.74) is 4.23. The molecule has 120 valence electrons. The minimum Gasteiger partial charge on any atom is -0.342 e. The third kappa shape index (κ3) is 2.31. The molecule has 3 N–H and O–H groups in total. The van der Waals surface area contributed by atoms with Crippen LogP contribution in [0, 0.1) is 0 Å². The topological polar surface area (TPSA) is 83.6 Å². The molecule has 0 atom stereocenters. The Morgan fingerprint density at radius 2 is 2.00 bits per heavy atom. The van der Waals surface area contributed by atoms with Crippen molar-refractivity contribution in [1.29, 1.82) is 0 Å². The van der Waals surface area contributed by atoms with Gasteiger partial charge in [0, 0.05) is 19.3 Å². The zero-order valence-corrected chi connectivity index (χ0v) is 12.1. The van der Waals surface area contributed by atoms with Crippen LogP contribution in [0.1, 0.15) is 21.7 Å². The van der Waals surface area contributed by atoms with Crippen molar-refractivity contribution < 1.29 is 18.4 Å². The lowest BCUT2D eigenvalue weighted by Gasteiger charge is -2.38. The molecule has 0 aromatic carbocycles. The first-order valence-electron chi connectivity index (χ1n) is 6.92. The van der Waals surface area contributed by atoms with E-state index in [1.54, 1.807) is 17.7 Å². The molecular formula is C13H17F2N5O2. The van der Waals surface area contributed by atoms with Crippen molar-refractivity contribution in [3.63, 3.8) is 0 Å². The molecule has 1 aromatic heterocycles. The number of urea groups is 1. The maximum absolute atomic E-state index is 12.9. The van der Waals surface area contributed by atoms with Gasteiger partial charge in [-0.25, -0.2) is 19.4 Å². The quantitative estimate of drug-likeness (QED) is 0.437. The number of alkyl halides is 2. The number of hydrogen-bond donors (Lipinski definition) is 2. The van der Waals surface area contributed by atoms with Gasteiger partial charge in [-0.3, -0.25) is 10.2 Å². The van der Waals surface area contributed by atoms with Crippen LogP contribution in [0.25, 0.3) is 0 Å². The van der Waals surface area contributed by atoms with E-state index in [-0.39, 0.29) is 6.03 Å². The molecule has 0 saturated carbocycles. The van der Waals surface area contributed by atoms with Crippen LogP contribution in [-0.2, 0) is 20.0 Å². The molecule has 22 heavy (non-hydrogen) atoms. The summed E-state index contributed by atoms with van der Waals surface area (Å²) in [4.78, 5) is 26.5. The fourth-order valence-corrected chi connectivity index (χ4v) is 2.93. The second-order valence-electron chi connectivity index (χ2n) is 5.70. The van der Waals surface area contributed by atoms with E-state index in [0.717, 1.165) is 16.2 Å². The summed E-state index contributed by atoms with van der Waals surface area (Å²) in [7, 11) is 1.70. The first-order valence-corrected chi connectivity index (χ1v) is 6.92. The largest absolute Gasteiger partial charge is 0.342 e. The van der Waals surface area contributed by atoms with Gasteiger partial charge in [-0.05, 0) is 18.1 Å². The highest BCUT2D eigenvalue weighted by Crippen LogP contribution is 2.30. The van der Waals surface area contributed by atoms with Crippen molar-refractivity contribution in [3.05, 3.63) is 23.0 Å². The molecule has 0 unspecified atom stereocenters. The SMILES string of the molecule is Cn1c(C(=O)N2CC(F)(F)C2)cc2c1CN(C(=O)NN)CC2. The number of carbonyl (C=O) groups excluding carboxylic acids is 2. The van der Waals surface area contributed by atoms with E-state index in [1.165, 1.54) is 4.90 Å². The van der Waals surface area contributed by atoms with Crippen LogP contribution in [-0.4, -0.2) is 51.9 Å².